The van der Waals surface area contributed by atoms with Crippen molar-refractivity contribution in [3.05, 3.63) is 34.6 Å². The molecule has 0 bridgehead atoms. The molecule has 2 rings (SSSR count). The molecule has 1 saturated heterocycles. The Balaban J connectivity index is 2.12. The highest BCUT2D eigenvalue weighted by molar-refractivity contribution is 6.30. The molecule has 3 N–H and O–H groups in total. The molecular formula is C11H14ClFN2O. The van der Waals surface area contributed by atoms with Gasteiger partial charge in [-0.2, -0.15) is 0 Å². The predicted octanol–water partition coefficient (Wildman–Crippen LogP) is 1.47. The molecular weight excluding hydrogens is 231 g/mol. The summed E-state index contributed by atoms with van der Waals surface area (Å²) < 4.78 is 18.8. The van der Waals surface area contributed by atoms with E-state index in [1.807, 2.05) is 0 Å². The van der Waals surface area contributed by atoms with Crippen molar-refractivity contribution in [3.8, 4) is 0 Å². The van der Waals surface area contributed by atoms with Gasteiger partial charge in [-0.15, -0.1) is 0 Å². The first-order chi connectivity index (χ1) is 7.68. The lowest BCUT2D eigenvalue weighted by atomic mass is 10.0. The van der Waals surface area contributed by atoms with E-state index < -0.39 is 5.82 Å². The Labute approximate surface area is 98.7 Å². The van der Waals surface area contributed by atoms with Crippen LogP contribution in [0.2, 0.25) is 5.02 Å². The molecule has 0 unspecified atom stereocenters. The van der Waals surface area contributed by atoms with E-state index >= 15 is 0 Å². The minimum absolute atomic E-state index is 0.110. The number of benzene rings is 1. The first kappa shape index (κ1) is 11.8. The molecule has 3 nitrogen and oxygen atoms in total. The zero-order chi connectivity index (χ0) is 11.5. The van der Waals surface area contributed by atoms with Crippen LogP contribution in [-0.2, 0) is 4.74 Å². The van der Waals surface area contributed by atoms with Crippen LogP contribution in [0.4, 0.5) is 4.39 Å². The number of nitrogens with two attached hydrogens (primary N) is 1. The number of hydrogen-bond acceptors (Lipinski definition) is 3. The predicted molar refractivity (Wildman–Crippen MR) is 60.9 cm³/mol. The Bertz CT molecular complexity index is 369. The van der Waals surface area contributed by atoms with E-state index in [1.165, 1.54) is 12.1 Å². The highest BCUT2D eigenvalue weighted by atomic mass is 35.5. The maximum atomic E-state index is 13.3. The summed E-state index contributed by atoms with van der Waals surface area (Å²) in [5.41, 5.74) is 6.72. The molecule has 1 aliphatic heterocycles. The van der Waals surface area contributed by atoms with Crippen molar-refractivity contribution in [2.24, 2.45) is 5.73 Å². The third-order valence-electron chi connectivity index (χ3n) is 2.69. The van der Waals surface area contributed by atoms with Gasteiger partial charge in [0.25, 0.3) is 0 Å². The molecule has 5 heteroatoms. The topological polar surface area (TPSA) is 47.3 Å². The zero-order valence-corrected chi connectivity index (χ0v) is 9.51. The normalized spacial score (nSPS) is 23.1. The van der Waals surface area contributed by atoms with Gasteiger partial charge in [-0.05, 0) is 17.7 Å². The zero-order valence-electron chi connectivity index (χ0n) is 8.75. The smallest absolute Gasteiger partial charge is 0.142 e. The molecule has 0 aliphatic carbocycles. The summed E-state index contributed by atoms with van der Waals surface area (Å²) in [7, 11) is 0. The van der Waals surface area contributed by atoms with Crippen LogP contribution in [0.15, 0.2) is 18.2 Å². The minimum atomic E-state index is -0.446. The lowest BCUT2D eigenvalue weighted by Crippen LogP contribution is -2.44. The fourth-order valence-electron chi connectivity index (χ4n) is 1.75. The third-order valence-corrected chi connectivity index (χ3v) is 2.99. The van der Waals surface area contributed by atoms with Crippen LogP contribution < -0.4 is 11.1 Å². The van der Waals surface area contributed by atoms with Gasteiger partial charge in [-0.1, -0.05) is 17.7 Å². The first-order valence-electron chi connectivity index (χ1n) is 5.21. The number of morpholine rings is 1. The Morgan fingerprint density at radius 1 is 1.56 bits per heavy atom. The summed E-state index contributed by atoms with van der Waals surface area (Å²) in [4.78, 5) is 0. The lowest BCUT2D eigenvalue weighted by molar-refractivity contribution is 0.0122. The van der Waals surface area contributed by atoms with Gasteiger partial charge in [-0.25, -0.2) is 4.39 Å². The summed E-state index contributed by atoms with van der Waals surface area (Å²) in [6, 6.07) is 4.28. The Hall–Kier alpha value is -0.680. The minimum Gasteiger partial charge on any atom is -0.374 e. The Morgan fingerprint density at radius 2 is 2.38 bits per heavy atom. The molecule has 0 aromatic heterocycles. The van der Waals surface area contributed by atoms with Crippen molar-refractivity contribution >= 4 is 11.6 Å². The Morgan fingerprint density at radius 3 is 3.00 bits per heavy atom. The van der Waals surface area contributed by atoms with E-state index in [0.717, 1.165) is 6.54 Å². The van der Waals surface area contributed by atoms with Crippen LogP contribution in [0.25, 0.3) is 0 Å². The van der Waals surface area contributed by atoms with E-state index in [0.29, 0.717) is 18.7 Å². The molecule has 1 aromatic rings. The average Bonchev–Trinajstić information content (AvgIpc) is 2.33. The highest BCUT2D eigenvalue weighted by Crippen LogP contribution is 2.22. The fraction of sp³-hybridized carbons (Fsp3) is 0.455. The first-order valence-corrected chi connectivity index (χ1v) is 5.59. The molecule has 1 aromatic carbocycles. The van der Waals surface area contributed by atoms with Gasteiger partial charge >= 0.3 is 0 Å². The molecule has 0 spiro atoms. The van der Waals surface area contributed by atoms with Crippen LogP contribution in [0.5, 0.6) is 0 Å². The van der Waals surface area contributed by atoms with Crippen LogP contribution in [0, 0.1) is 5.82 Å². The monoisotopic (exact) mass is 244 g/mol. The molecule has 16 heavy (non-hydrogen) atoms. The summed E-state index contributed by atoms with van der Waals surface area (Å²) in [6.07, 6.45) is -0.116. The van der Waals surface area contributed by atoms with Crippen LogP contribution in [0.3, 0.4) is 0 Å². The van der Waals surface area contributed by atoms with Crippen LogP contribution in [0.1, 0.15) is 11.6 Å². The van der Waals surface area contributed by atoms with Crippen molar-refractivity contribution in [1.29, 1.82) is 0 Å². The molecule has 88 valence electrons. The van der Waals surface area contributed by atoms with Crippen molar-refractivity contribution in [1.82, 2.24) is 5.32 Å². The second-order valence-electron chi connectivity index (χ2n) is 3.81. The number of hydrogen-bond donors (Lipinski definition) is 2. The Kier molecular flexibility index (Phi) is 3.76. The van der Waals surface area contributed by atoms with Crippen molar-refractivity contribution in [2.45, 2.75) is 12.1 Å². The van der Waals surface area contributed by atoms with Gasteiger partial charge in [0.2, 0.25) is 0 Å². The van der Waals surface area contributed by atoms with Gasteiger partial charge in [0.15, 0.2) is 0 Å². The van der Waals surface area contributed by atoms with Gasteiger partial charge in [0, 0.05) is 13.1 Å². The van der Waals surface area contributed by atoms with Crippen LogP contribution in [-0.4, -0.2) is 25.8 Å². The summed E-state index contributed by atoms with van der Waals surface area (Å²) in [5.74, 6) is -0.446. The van der Waals surface area contributed by atoms with Gasteiger partial charge in [-0.3, -0.25) is 0 Å². The second kappa shape index (κ2) is 5.10. The quantitative estimate of drug-likeness (QED) is 0.828. The second-order valence-corrected chi connectivity index (χ2v) is 4.22. The molecule has 1 heterocycles. The summed E-state index contributed by atoms with van der Waals surface area (Å²) in [5, 5.41) is 3.30. The van der Waals surface area contributed by atoms with Gasteiger partial charge in [0.05, 0.1) is 23.8 Å². The van der Waals surface area contributed by atoms with Crippen LogP contribution >= 0.6 is 11.6 Å². The summed E-state index contributed by atoms with van der Waals surface area (Å²) >= 11 is 5.61. The highest BCUT2D eigenvalue weighted by Gasteiger charge is 2.23. The number of halogens is 2. The molecule has 0 amide bonds. The fourth-order valence-corrected chi connectivity index (χ4v) is 1.87. The summed E-state index contributed by atoms with van der Waals surface area (Å²) in [6.45, 7) is 2.15. The van der Waals surface area contributed by atoms with E-state index in [2.05, 4.69) is 5.32 Å². The van der Waals surface area contributed by atoms with Gasteiger partial charge in [0.1, 0.15) is 5.82 Å². The van der Waals surface area contributed by atoms with Crippen molar-refractivity contribution in [2.75, 3.05) is 19.7 Å². The van der Waals surface area contributed by atoms with E-state index in [1.54, 1.807) is 6.07 Å². The molecule has 0 saturated carbocycles. The number of rotatable bonds is 2. The molecule has 1 aliphatic rings. The van der Waals surface area contributed by atoms with E-state index in [9.17, 15) is 4.39 Å². The standard InChI is InChI=1S/C11H14ClFN2O/c12-8-2-1-7(5-9(8)13)11(14)10-6-15-3-4-16-10/h1-2,5,10-11,15H,3-4,6,14H2/t10-,11-/m1/s1. The third kappa shape index (κ3) is 2.52. The SMILES string of the molecule is N[C@H](c1ccc(Cl)c(F)c1)[C@H]1CNCCO1. The maximum absolute atomic E-state index is 13.3. The molecule has 2 atom stereocenters. The van der Waals surface area contributed by atoms with Gasteiger partial charge < -0.3 is 15.8 Å². The van der Waals surface area contributed by atoms with Crippen molar-refractivity contribution in [3.63, 3.8) is 0 Å². The van der Waals surface area contributed by atoms with Crippen molar-refractivity contribution < 1.29 is 9.13 Å². The van der Waals surface area contributed by atoms with E-state index in [4.69, 9.17) is 22.1 Å². The van der Waals surface area contributed by atoms with E-state index in [-0.39, 0.29) is 17.2 Å². The number of nitrogens with one attached hydrogen (secondary N) is 1. The lowest BCUT2D eigenvalue weighted by Gasteiger charge is -2.28. The maximum Gasteiger partial charge on any atom is 0.142 e. The molecule has 0 radical (unpaired) electrons. The number of ether oxygens (including phenoxy) is 1. The average molecular weight is 245 g/mol. The largest absolute Gasteiger partial charge is 0.374 e. The molecule has 1 fully saturated rings.